The zero-order valence-electron chi connectivity index (χ0n) is 13.8. The number of rotatable bonds is 6. The molecule has 2 amide bonds. The largest absolute Gasteiger partial charge is 0.352 e. The van der Waals surface area contributed by atoms with E-state index in [-0.39, 0.29) is 29.2 Å². The summed E-state index contributed by atoms with van der Waals surface area (Å²) in [5, 5.41) is 8.11. The number of nitrogens with zero attached hydrogens (tertiary/aromatic N) is 1. The van der Waals surface area contributed by atoms with Crippen LogP contribution < -0.4 is 16.4 Å². The maximum absolute atomic E-state index is 12.1. The van der Waals surface area contributed by atoms with Crippen LogP contribution in [0, 0.1) is 5.92 Å². The van der Waals surface area contributed by atoms with Crippen LogP contribution in [-0.2, 0) is 6.54 Å². The molecule has 0 spiro atoms. The number of thiazole rings is 1. The molecule has 2 aromatic rings. The molecule has 0 aliphatic heterocycles. The Morgan fingerprint density at radius 3 is 2.60 bits per heavy atom. The standard InChI is InChI=1S/C16H19ClN4O2S.ClH/c1-9(2)7-19-15(22)11-4-3-10(5-12(11)17)20-16(23)13-8-24-14(6-18)21-13;/h3-5,8-9H,6-7,18H2,1-2H3,(H,19,22)(H,20,23);1H. The van der Waals surface area contributed by atoms with E-state index < -0.39 is 0 Å². The number of hydrogen-bond acceptors (Lipinski definition) is 5. The molecular weight excluding hydrogens is 383 g/mol. The molecule has 1 heterocycles. The first-order valence-corrected chi connectivity index (χ1v) is 8.70. The van der Waals surface area contributed by atoms with Gasteiger partial charge in [0.1, 0.15) is 10.7 Å². The van der Waals surface area contributed by atoms with Crippen molar-refractivity contribution in [3.05, 3.63) is 44.9 Å². The highest BCUT2D eigenvalue weighted by atomic mass is 35.5. The summed E-state index contributed by atoms with van der Waals surface area (Å²) < 4.78 is 0. The Bertz CT molecular complexity index is 749. The van der Waals surface area contributed by atoms with Crippen molar-refractivity contribution in [2.75, 3.05) is 11.9 Å². The molecule has 1 aromatic heterocycles. The average molecular weight is 403 g/mol. The van der Waals surface area contributed by atoms with Gasteiger partial charge in [0.25, 0.3) is 11.8 Å². The monoisotopic (exact) mass is 402 g/mol. The highest BCUT2D eigenvalue weighted by Crippen LogP contribution is 2.22. The van der Waals surface area contributed by atoms with Crippen LogP contribution in [0.4, 0.5) is 5.69 Å². The normalized spacial score (nSPS) is 10.3. The van der Waals surface area contributed by atoms with Gasteiger partial charge in [0.2, 0.25) is 0 Å². The van der Waals surface area contributed by atoms with Crippen molar-refractivity contribution in [2.45, 2.75) is 20.4 Å². The zero-order chi connectivity index (χ0) is 17.7. The van der Waals surface area contributed by atoms with Gasteiger partial charge in [0, 0.05) is 24.2 Å². The van der Waals surface area contributed by atoms with Crippen LogP contribution in [0.5, 0.6) is 0 Å². The molecule has 0 unspecified atom stereocenters. The number of carbonyl (C=O) groups excluding carboxylic acids is 2. The first kappa shape index (κ1) is 21.4. The lowest BCUT2D eigenvalue weighted by atomic mass is 10.1. The summed E-state index contributed by atoms with van der Waals surface area (Å²) in [6.07, 6.45) is 0. The van der Waals surface area contributed by atoms with Crippen molar-refractivity contribution in [3.8, 4) is 0 Å². The van der Waals surface area contributed by atoms with Crippen LogP contribution in [0.2, 0.25) is 5.02 Å². The lowest BCUT2D eigenvalue weighted by Gasteiger charge is -2.10. The molecule has 4 N–H and O–H groups in total. The summed E-state index contributed by atoms with van der Waals surface area (Å²) in [5.41, 5.74) is 6.65. The molecule has 0 radical (unpaired) electrons. The van der Waals surface area contributed by atoms with E-state index in [0.29, 0.717) is 41.0 Å². The van der Waals surface area contributed by atoms with Crippen LogP contribution >= 0.6 is 35.3 Å². The second kappa shape index (κ2) is 9.72. The molecule has 9 heteroatoms. The van der Waals surface area contributed by atoms with Gasteiger partial charge in [-0.05, 0) is 24.1 Å². The minimum Gasteiger partial charge on any atom is -0.352 e. The Hall–Kier alpha value is -1.67. The Morgan fingerprint density at radius 2 is 2.04 bits per heavy atom. The Labute approximate surface area is 161 Å². The fourth-order valence-electron chi connectivity index (χ4n) is 1.87. The summed E-state index contributed by atoms with van der Waals surface area (Å²) in [5.74, 6) is -0.236. The van der Waals surface area contributed by atoms with Crippen molar-refractivity contribution in [3.63, 3.8) is 0 Å². The van der Waals surface area contributed by atoms with E-state index in [2.05, 4.69) is 15.6 Å². The third-order valence-corrected chi connectivity index (χ3v) is 4.29. The highest BCUT2D eigenvalue weighted by molar-refractivity contribution is 7.09. The number of aromatic nitrogens is 1. The topological polar surface area (TPSA) is 97.1 Å². The lowest BCUT2D eigenvalue weighted by molar-refractivity contribution is 0.0948. The molecule has 0 aliphatic rings. The second-order valence-corrected chi connectivity index (χ2v) is 6.93. The predicted molar refractivity (Wildman–Crippen MR) is 104 cm³/mol. The molecule has 25 heavy (non-hydrogen) atoms. The smallest absolute Gasteiger partial charge is 0.275 e. The number of carbonyl (C=O) groups is 2. The van der Waals surface area contributed by atoms with Crippen LogP contribution in [0.25, 0.3) is 0 Å². The van der Waals surface area contributed by atoms with Gasteiger partial charge in [-0.25, -0.2) is 4.98 Å². The Morgan fingerprint density at radius 1 is 1.32 bits per heavy atom. The molecule has 2 rings (SSSR count). The predicted octanol–water partition coefficient (Wildman–Crippen LogP) is 3.32. The second-order valence-electron chi connectivity index (χ2n) is 5.58. The number of anilines is 1. The molecular formula is C16H20Cl2N4O2S. The summed E-state index contributed by atoms with van der Waals surface area (Å²) in [6.45, 7) is 4.88. The third-order valence-electron chi connectivity index (χ3n) is 3.10. The molecule has 1 aromatic carbocycles. The van der Waals surface area contributed by atoms with Crippen molar-refractivity contribution < 1.29 is 9.59 Å². The van der Waals surface area contributed by atoms with Crippen LogP contribution in [0.15, 0.2) is 23.6 Å². The van der Waals surface area contributed by atoms with E-state index >= 15 is 0 Å². The van der Waals surface area contributed by atoms with E-state index in [4.69, 9.17) is 17.3 Å². The van der Waals surface area contributed by atoms with Gasteiger partial charge in [0.15, 0.2) is 0 Å². The minimum atomic E-state index is -0.348. The van der Waals surface area contributed by atoms with Crippen molar-refractivity contribution in [1.82, 2.24) is 10.3 Å². The maximum Gasteiger partial charge on any atom is 0.275 e. The molecule has 6 nitrogen and oxygen atoms in total. The first-order chi connectivity index (χ1) is 11.4. The number of halogens is 2. The van der Waals surface area contributed by atoms with Crippen LogP contribution in [0.1, 0.15) is 39.7 Å². The maximum atomic E-state index is 12.1. The van der Waals surface area contributed by atoms with Gasteiger partial charge in [-0.15, -0.1) is 23.7 Å². The molecule has 0 saturated heterocycles. The van der Waals surface area contributed by atoms with Crippen LogP contribution in [0.3, 0.4) is 0 Å². The van der Waals surface area contributed by atoms with Gasteiger partial charge in [-0.2, -0.15) is 0 Å². The number of nitrogens with two attached hydrogens (primary N) is 1. The summed E-state index contributed by atoms with van der Waals surface area (Å²) in [7, 11) is 0. The average Bonchev–Trinajstić information content (AvgIpc) is 3.02. The summed E-state index contributed by atoms with van der Waals surface area (Å²) >= 11 is 7.48. The van der Waals surface area contributed by atoms with Gasteiger partial charge < -0.3 is 16.4 Å². The van der Waals surface area contributed by atoms with Gasteiger partial charge in [0.05, 0.1) is 10.6 Å². The van der Waals surface area contributed by atoms with E-state index in [1.165, 1.54) is 11.3 Å². The minimum absolute atomic E-state index is 0. The van der Waals surface area contributed by atoms with E-state index in [1.54, 1.807) is 23.6 Å². The Balaban J connectivity index is 0.00000312. The van der Waals surface area contributed by atoms with Gasteiger partial charge >= 0.3 is 0 Å². The van der Waals surface area contributed by atoms with Crippen molar-refractivity contribution >= 4 is 52.8 Å². The van der Waals surface area contributed by atoms with Crippen molar-refractivity contribution in [2.24, 2.45) is 11.7 Å². The summed E-state index contributed by atoms with van der Waals surface area (Å²) in [6, 6.07) is 4.75. The van der Waals surface area contributed by atoms with Crippen LogP contribution in [-0.4, -0.2) is 23.3 Å². The lowest BCUT2D eigenvalue weighted by Crippen LogP contribution is -2.27. The Kier molecular flexibility index (Phi) is 8.31. The number of amides is 2. The third kappa shape index (κ3) is 5.97. The van der Waals surface area contributed by atoms with E-state index in [1.807, 2.05) is 13.8 Å². The number of benzene rings is 1. The fraction of sp³-hybridized carbons (Fsp3) is 0.312. The molecule has 0 saturated carbocycles. The highest BCUT2D eigenvalue weighted by Gasteiger charge is 2.14. The van der Waals surface area contributed by atoms with E-state index in [9.17, 15) is 9.59 Å². The molecule has 0 fully saturated rings. The molecule has 136 valence electrons. The fourth-order valence-corrected chi connectivity index (χ4v) is 2.79. The van der Waals surface area contributed by atoms with Gasteiger partial charge in [-0.1, -0.05) is 25.4 Å². The molecule has 0 bridgehead atoms. The zero-order valence-corrected chi connectivity index (χ0v) is 16.2. The summed E-state index contributed by atoms with van der Waals surface area (Å²) in [4.78, 5) is 28.3. The molecule has 0 aliphatic carbocycles. The number of nitrogens with one attached hydrogen (secondary N) is 2. The quantitative estimate of drug-likeness (QED) is 0.689. The SMILES string of the molecule is CC(C)CNC(=O)c1ccc(NC(=O)c2csc(CN)n2)cc1Cl.Cl. The van der Waals surface area contributed by atoms with Crippen molar-refractivity contribution in [1.29, 1.82) is 0 Å². The van der Waals surface area contributed by atoms with E-state index in [0.717, 1.165) is 0 Å². The van der Waals surface area contributed by atoms with Gasteiger partial charge in [-0.3, -0.25) is 9.59 Å². The first-order valence-electron chi connectivity index (χ1n) is 7.44. The number of hydrogen-bond donors (Lipinski definition) is 3. The molecule has 0 atom stereocenters.